The van der Waals surface area contributed by atoms with Crippen LogP contribution in [0.15, 0.2) is 146 Å². The van der Waals surface area contributed by atoms with Crippen molar-refractivity contribution in [1.29, 1.82) is 0 Å². The van der Waals surface area contributed by atoms with Crippen molar-refractivity contribution in [2.45, 2.75) is 13.1 Å². The van der Waals surface area contributed by atoms with Gasteiger partial charge in [-0.05, 0) is 92.9 Å². The summed E-state index contributed by atoms with van der Waals surface area (Å²) in [5, 5.41) is 13.8. The van der Waals surface area contributed by atoms with Crippen molar-refractivity contribution >= 4 is 61.5 Å². The van der Waals surface area contributed by atoms with E-state index in [0.717, 1.165) is 0 Å². The van der Waals surface area contributed by atoms with Crippen LogP contribution in [0, 0.1) is 0 Å². The van der Waals surface area contributed by atoms with E-state index in [2.05, 4.69) is 159 Å². The second kappa shape index (κ2) is 9.01. The molecule has 43 heavy (non-hydrogen) atoms. The topological polar surface area (TPSA) is 0 Å². The Morgan fingerprint density at radius 1 is 0.372 bits per heavy atom. The molecule has 0 saturated carbocycles. The zero-order valence-corrected chi connectivity index (χ0v) is 25.4. The molecule has 1 heteroatoms. The van der Waals surface area contributed by atoms with E-state index in [-0.39, 0.29) is 0 Å². The average molecular weight is 563 g/mol. The molecule has 0 aromatic heterocycles. The van der Waals surface area contributed by atoms with Crippen LogP contribution in [-0.2, 0) is 0 Å². The molecule has 8 aromatic carbocycles. The summed E-state index contributed by atoms with van der Waals surface area (Å²) in [5.74, 6) is 0. The van der Waals surface area contributed by atoms with Crippen molar-refractivity contribution in [1.82, 2.24) is 0 Å². The second-order valence-electron chi connectivity index (χ2n) is 12.5. The minimum atomic E-state index is -1.98. The summed E-state index contributed by atoms with van der Waals surface area (Å²) < 4.78 is 0. The quantitative estimate of drug-likeness (QED) is 0.145. The van der Waals surface area contributed by atoms with Crippen LogP contribution in [0.1, 0.15) is 0 Å². The SMILES string of the molecule is C[Si]1(C)c2cc(-c3ccc(-c4ccc5ccccc5c4)c4ccccc34)ccc2-c2c1c1ccccc1c1ccccc21. The minimum absolute atomic E-state index is 1.26. The summed E-state index contributed by atoms with van der Waals surface area (Å²) in [4.78, 5) is 0. The molecule has 0 radical (unpaired) electrons. The molecule has 0 nitrogen and oxygen atoms in total. The van der Waals surface area contributed by atoms with Crippen molar-refractivity contribution in [2.24, 2.45) is 0 Å². The highest BCUT2D eigenvalue weighted by molar-refractivity contribution is 7.05. The Balaban J connectivity index is 1.26. The molecule has 0 unspecified atom stereocenters. The summed E-state index contributed by atoms with van der Waals surface area (Å²) >= 11 is 0. The van der Waals surface area contributed by atoms with E-state index < -0.39 is 8.07 Å². The highest BCUT2D eigenvalue weighted by Crippen LogP contribution is 2.42. The first-order chi connectivity index (χ1) is 21.1. The molecule has 0 atom stereocenters. The molecule has 0 fully saturated rings. The fourth-order valence-corrected chi connectivity index (χ4v) is 11.3. The van der Waals surface area contributed by atoms with Crippen LogP contribution in [0.25, 0.3) is 76.5 Å². The van der Waals surface area contributed by atoms with Gasteiger partial charge in [-0.1, -0.05) is 153 Å². The Bertz CT molecular complexity index is 2430. The lowest BCUT2D eigenvalue weighted by Crippen LogP contribution is -2.49. The van der Waals surface area contributed by atoms with Gasteiger partial charge >= 0.3 is 0 Å². The third kappa shape index (κ3) is 3.49. The second-order valence-corrected chi connectivity index (χ2v) is 16.8. The maximum Gasteiger partial charge on any atom is 0.114 e. The predicted molar refractivity (Wildman–Crippen MR) is 190 cm³/mol. The molecule has 8 aromatic rings. The average Bonchev–Trinajstić information content (AvgIpc) is 3.30. The summed E-state index contributed by atoms with van der Waals surface area (Å²) in [6, 6.07) is 54.4. The molecule has 0 spiro atoms. The number of fused-ring (bicyclic) bond motifs is 10. The van der Waals surface area contributed by atoms with Crippen molar-refractivity contribution in [3.8, 4) is 33.4 Å². The van der Waals surface area contributed by atoms with Gasteiger partial charge in [0.1, 0.15) is 8.07 Å². The zero-order valence-electron chi connectivity index (χ0n) is 24.4. The van der Waals surface area contributed by atoms with Gasteiger partial charge in [-0.2, -0.15) is 0 Å². The smallest absolute Gasteiger partial charge is 0.0616 e. The molecule has 9 rings (SSSR count). The van der Waals surface area contributed by atoms with Gasteiger partial charge in [0.15, 0.2) is 0 Å². The Morgan fingerprint density at radius 3 is 1.56 bits per heavy atom. The molecule has 0 amide bonds. The molecule has 0 bridgehead atoms. The Hall–Kier alpha value is -4.98. The van der Waals surface area contributed by atoms with Gasteiger partial charge in [0.05, 0.1) is 0 Å². The van der Waals surface area contributed by atoms with E-state index >= 15 is 0 Å². The molecular weight excluding hydrogens is 533 g/mol. The highest BCUT2D eigenvalue weighted by Gasteiger charge is 2.40. The molecule has 202 valence electrons. The lowest BCUT2D eigenvalue weighted by atomic mass is 9.90. The third-order valence-corrected chi connectivity index (χ3v) is 13.3. The normalized spacial score (nSPS) is 13.5. The van der Waals surface area contributed by atoms with Crippen molar-refractivity contribution in [2.75, 3.05) is 0 Å². The maximum absolute atomic E-state index is 2.55. The molecule has 0 N–H and O–H groups in total. The Labute approximate surface area is 252 Å². The summed E-state index contributed by atoms with van der Waals surface area (Å²) in [6.07, 6.45) is 0. The first kappa shape index (κ1) is 24.6. The van der Waals surface area contributed by atoms with Gasteiger partial charge in [0, 0.05) is 0 Å². The van der Waals surface area contributed by atoms with Crippen LogP contribution in [-0.4, -0.2) is 8.07 Å². The van der Waals surface area contributed by atoms with Crippen molar-refractivity contribution < 1.29 is 0 Å². The lowest BCUT2D eigenvalue weighted by molar-refractivity contribution is 1.64. The molecule has 1 heterocycles. The fourth-order valence-electron chi connectivity index (χ4n) is 7.81. The van der Waals surface area contributed by atoms with Crippen molar-refractivity contribution in [3.63, 3.8) is 0 Å². The summed E-state index contributed by atoms with van der Waals surface area (Å²) in [6.45, 7) is 5.09. The van der Waals surface area contributed by atoms with Crippen LogP contribution >= 0.6 is 0 Å². The summed E-state index contributed by atoms with van der Waals surface area (Å²) in [7, 11) is -1.98. The first-order valence-corrected chi connectivity index (χ1v) is 18.2. The monoisotopic (exact) mass is 562 g/mol. The zero-order chi connectivity index (χ0) is 28.7. The van der Waals surface area contributed by atoms with E-state index in [9.17, 15) is 0 Å². The Kier molecular flexibility index (Phi) is 5.15. The molecule has 1 aliphatic rings. The van der Waals surface area contributed by atoms with Gasteiger partial charge in [-0.25, -0.2) is 0 Å². The Morgan fingerprint density at radius 2 is 0.860 bits per heavy atom. The van der Waals surface area contributed by atoms with E-state index in [1.807, 2.05) is 0 Å². The first-order valence-electron chi connectivity index (χ1n) is 15.2. The van der Waals surface area contributed by atoms with Crippen molar-refractivity contribution in [3.05, 3.63) is 146 Å². The van der Waals surface area contributed by atoms with Crippen LogP contribution in [0.2, 0.25) is 13.1 Å². The van der Waals surface area contributed by atoms with Gasteiger partial charge < -0.3 is 0 Å². The van der Waals surface area contributed by atoms with E-state index in [1.54, 1.807) is 10.4 Å². The predicted octanol–water partition coefficient (Wildman–Crippen LogP) is 10.4. The summed E-state index contributed by atoms with van der Waals surface area (Å²) in [5.41, 5.74) is 8.04. The van der Waals surface area contributed by atoms with Crippen LogP contribution < -0.4 is 10.4 Å². The molecule has 1 aliphatic heterocycles. The van der Waals surface area contributed by atoms with Gasteiger partial charge in [-0.3, -0.25) is 0 Å². The largest absolute Gasteiger partial charge is 0.114 e. The van der Waals surface area contributed by atoms with Gasteiger partial charge in [0.25, 0.3) is 0 Å². The minimum Gasteiger partial charge on any atom is -0.0616 e. The van der Waals surface area contributed by atoms with Crippen LogP contribution in [0.4, 0.5) is 0 Å². The number of hydrogen-bond donors (Lipinski definition) is 0. The number of rotatable bonds is 2. The molecule has 0 saturated heterocycles. The van der Waals surface area contributed by atoms with E-state index in [4.69, 9.17) is 0 Å². The van der Waals surface area contributed by atoms with E-state index in [0.29, 0.717) is 0 Å². The van der Waals surface area contributed by atoms with E-state index in [1.165, 1.54) is 76.5 Å². The van der Waals surface area contributed by atoms with Gasteiger partial charge in [-0.15, -0.1) is 0 Å². The standard InChI is InChI=1S/C42H30Si/c1-43(2)40-26-30(21-22-39(40)41-37-17-9-7-15-35(37)36-16-8-10-18-38(36)42(41)43)32-24-23-31(33-13-5-6-14-34(32)33)29-20-19-27-11-3-4-12-28(27)25-29/h3-26H,1-2H3. The fraction of sp³-hybridized carbons (Fsp3) is 0.0476. The van der Waals surface area contributed by atoms with Gasteiger partial charge in [0.2, 0.25) is 0 Å². The molecule has 0 aliphatic carbocycles. The third-order valence-electron chi connectivity index (χ3n) is 9.82. The van der Waals surface area contributed by atoms with Crippen LogP contribution in [0.3, 0.4) is 0 Å². The maximum atomic E-state index is 2.55. The van der Waals surface area contributed by atoms with Crippen LogP contribution in [0.5, 0.6) is 0 Å². The highest BCUT2D eigenvalue weighted by atomic mass is 28.3. The number of hydrogen-bond acceptors (Lipinski definition) is 0. The lowest BCUT2D eigenvalue weighted by Gasteiger charge is -2.22. The number of benzene rings is 8. The molecular formula is C42H30Si.